The molecule has 4 heteroatoms. The number of nitrogens with one attached hydrogen (secondary N) is 2. The number of aromatic nitrogens is 4. The van der Waals surface area contributed by atoms with Crippen molar-refractivity contribution < 1.29 is 0 Å². The molecule has 4 nitrogen and oxygen atoms in total. The Morgan fingerprint density at radius 3 is 0.625 bits per heavy atom. The fraction of sp³-hybridized carbons (Fsp3) is 0. The van der Waals surface area contributed by atoms with E-state index >= 15 is 0 Å². The first kappa shape index (κ1) is 48.6. The van der Waals surface area contributed by atoms with Gasteiger partial charge in [0.1, 0.15) is 0 Å². The summed E-state index contributed by atoms with van der Waals surface area (Å²) in [7, 11) is 0. The van der Waals surface area contributed by atoms with Crippen molar-refractivity contribution in [3.8, 4) is 89.5 Å². The Bertz CT molecular complexity index is 5290. The van der Waals surface area contributed by atoms with Crippen molar-refractivity contribution in [1.29, 1.82) is 0 Å². The van der Waals surface area contributed by atoms with Crippen LogP contribution in [0.25, 0.3) is 198 Å². The lowest BCUT2D eigenvalue weighted by Gasteiger charge is -2.18. The van der Waals surface area contributed by atoms with Gasteiger partial charge in [-0.05, 0) is 133 Å². The summed E-state index contributed by atoms with van der Waals surface area (Å²) in [6.45, 7) is 0. The number of aromatic amines is 2. The smallest absolute Gasteiger partial charge is 0.0822 e. The number of fused-ring (bicyclic) bond motifs is 32. The minimum atomic E-state index is 0.904. The van der Waals surface area contributed by atoms with E-state index in [1.165, 1.54) is 64.6 Å². The number of benzene rings is 14. The number of H-pyrrole nitrogens is 2. The van der Waals surface area contributed by atoms with Crippen LogP contribution in [0.2, 0.25) is 0 Å². The van der Waals surface area contributed by atoms with Crippen LogP contribution in [0.15, 0.2) is 291 Å². The second kappa shape index (κ2) is 18.9. The zero-order chi connectivity index (χ0) is 57.6. The normalized spacial score (nSPS) is 12.1. The summed E-state index contributed by atoms with van der Waals surface area (Å²) in [6.07, 6.45) is 0. The standard InChI is InChI=1S/C84H50N4/c1-5-25-53(26-6-1)69-65-45-46-66(85-65)70(54-27-7-2-8-28-54)83-79-63-43-39-51-23-15-19-35-59(51)75(63)76-60-36-20-16-24-52(60)40-44-64(76)80(79)84(88-83)72(56-31-11-4-12-32-56)68-48-47-67(86-68)71(55-29-9-3-10-30-55)82-78-62-42-38-50-22-14-18-34-58(50)74(62)73-57-33-17-13-21-49(57)37-41-61(73)77(78)81(69)87-82/h1-48,85-86H. The van der Waals surface area contributed by atoms with Crippen molar-refractivity contribution in [2.24, 2.45) is 0 Å². The van der Waals surface area contributed by atoms with Gasteiger partial charge >= 0.3 is 0 Å². The maximum atomic E-state index is 6.25. The first-order valence-electron chi connectivity index (χ1n) is 30.3. The molecule has 3 aromatic heterocycles. The van der Waals surface area contributed by atoms with E-state index in [1.807, 2.05) is 0 Å². The molecule has 0 aliphatic carbocycles. The van der Waals surface area contributed by atoms with Crippen LogP contribution in [0.1, 0.15) is 0 Å². The number of hydrogen-bond acceptors (Lipinski definition) is 2. The van der Waals surface area contributed by atoms with Gasteiger partial charge in [0.15, 0.2) is 0 Å². The Labute approximate surface area is 506 Å². The Morgan fingerprint density at radius 1 is 0.170 bits per heavy atom. The third kappa shape index (κ3) is 7.03. The van der Waals surface area contributed by atoms with Crippen molar-refractivity contribution in [2.75, 3.05) is 0 Å². The summed E-state index contributed by atoms with van der Waals surface area (Å²) < 4.78 is 0. The predicted molar refractivity (Wildman–Crippen MR) is 372 cm³/mol. The molecule has 14 aromatic carbocycles. The fourth-order valence-electron chi connectivity index (χ4n) is 15.2. The van der Waals surface area contributed by atoms with Crippen LogP contribution >= 0.6 is 0 Å². The van der Waals surface area contributed by atoms with E-state index in [9.17, 15) is 0 Å². The molecular weight excluding hydrogens is 1060 g/mol. The van der Waals surface area contributed by atoms with Crippen molar-refractivity contribution in [3.05, 3.63) is 291 Å². The molecule has 0 radical (unpaired) electrons. The van der Waals surface area contributed by atoms with Gasteiger partial charge in [0.2, 0.25) is 0 Å². The Morgan fingerprint density at radius 2 is 0.386 bits per heavy atom. The number of hydrogen-bond donors (Lipinski definition) is 2. The Hall–Kier alpha value is -11.7. The van der Waals surface area contributed by atoms with Crippen LogP contribution in [0.4, 0.5) is 0 Å². The van der Waals surface area contributed by atoms with Crippen LogP contribution in [0.3, 0.4) is 0 Å². The topological polar surface area (TPSA) is 57.4 Å². The Kier molecular flexibility index (Phi) is 10.4. The molecule has 0 spiro atoms. The molecule has 406 valence electrons. The van der Waals surface area contributed by atoms with E-state index < -0.39 is 0 Å². The summed E-state index contributed by atoms with van der Waals surface area (Å²) in [5.74, 6) is 0. The summed E-state index contributed by atoms with van der Waals surface area (Å²) in [6, 6.07) is 107. The molecule has 0 fully saturated rings. The van der Waals surface area contributed by atoms with Gasteiger partial charge in [-0.25, -0.2) is 9.97 Å². The molecule has 0 atom stereocenters. The molecule has 0 saturated carbocycles. The molecule has 5 heterocycles. The average molecular weight is 1120 g/mol. The van der Waals surface area contributed by atoms with Crippen LogP contribution in [0.5, 0.6) is 0 Å². The van der Waals surface area contributed by atoms with E-state index in [2.05, 4.69) is 301 Å². The molecule has 17 aromatic rings. The second-order valence-corrected chi connectivity index (χ2v) is 23.5. The molecule has 0 saturated heterocycles. The van der Waals surface area contributed by atoms with E-state index in [0.717, 1.165) is 133 Å². The third-order valence-electron chi connectivity index (χ3n) is 18.8. The lowest BCUT2D eigenvalue weighted by atomic mass is 9.84. The van der Waals surface area contributed by atoms with Gasteiger partial charge < -0.3 is 9.97 Å². The highest BCUT2D eigenvalue weighted by Crippen LogP contribution is 2.57. The highest BCUT2D eigenvalue weighted by molar-refractivity contribution is 6.37. The minimum absolute atomic E-state index is 0.904. The van der Waals surface area contributed by atoms with Gasteiger partial charge in [-0.2, -0.15) is 0 Å². The van der Waals surface area contributed by atoms with Crippen molar-refractivity contribution >= 4 is 108 Å². The lowest BCUT2D eigenvalue weighted by molar-refractivity contribution is 1.40. The van der Waals surface area contributed by atoms with Crippen molar-refractivity contribution in [1.82, 2.24) is 19.9 Å². The monoisotopic (exact) mass is 1110 g/mol. The number of rotatable bonds is 4. The zero-order valence-electron chi connectivity index (χ0n) is 47.6. The van der Waals surface area contributed by atoms with Gasteiger partial charge in [-0.1, -0.05) is 267 Å². The second-order valence-electron chi connectivity index (χ2n) is 23.5. The first-order chi connectivity index (χ1) is 43.7. The molecule has 2 aliphatic rings. The lowest BCUT2D eigenvalue weighted by Crippen LogP contribution is -1.92. The van der Waals surface area contributed by atoms with Crippen LogP contribution in [-0.4, -0.2) is 19.9 Å². The van der Waals surface area contributed by atoms with Crippen LogP contribution in [0, 0.1) is 0 Å². The highest BCUT2D eigenvalue weighted by Gasteiger charge is 2.34. The maximum absolute atomic E-state index is 6.25. The van der Waals surface area contributed by atoms with Gasteiger partial charge in [-0.15, -0.1) is 0 Å². The Balaban J connectivity index is 1.10. The third-order valence-corrected chi connectivity index (χ3v) is 18.8. The van der Waals surface area contributed by atoms with Crippen LogP contribution in [-0.2, 0) is 0 Å². The van der Waals surface area contributed by atoms with Gasteiger partial charge in [0.05, 0.1) is 22.8 Å². The van der Waals surface area contributed by atoms with Gasteiger partial charge in [0.25, 0.3) is 0 Å². The van der Waals surface area contributed by atoms with E-state index in [-0.39, 0.29) is 0 Å². The first-order valence-corrected chi connectivity index (χ1v) is 30.3. The maximum Gasteiger partial charge on any atom is 0.0822 e. The minimum Gasteiger partial charge on any atom is -0.354 e. The van der Waals surface area contributed by atoms with E-state index in [4.69, 9.17) is 9.97 Å². The highest BCUT2D eigenvalue weighted by atomic mass is 14.8. The summed E-state index contributed by atoms with van der Waals surface area (Å²) >= 11 is 0. The zero-order valence-corrected chi connectivity index (χ0v) is 47.6. The molecule has 8 bridgehead atoms. The van der Waals surface area contributed by atoms with E-state index in [1.54, 1.807) is 0 Å². The van der Waals surface area contributed by atoms with Crippen molar-refractivity contribution in [2.45, 2.75) is 0 Å². The van der Waals surface area contributed by atoms with E-state index in [0.29, 0.717) is 0 Å². The summed E-state index contributed by atoms with van der Waals surface area (Å²) in [4.78, 5) is 20.9. The SMILES string of the molecule is c1ccc(-c2c3nc(c(-c4ccccc4)c4ccc([nH]4)c(-c4ccccc4)c4nc(c(-c5ccccc5)c5ccc2[nH]5)-c2c-4c4ccc5ccccc5c4c4c2ccc2ccccc24)-c2c-3c3ccc4ccccc4c3c3c2ccc2ccccc23)cc1. The van der Waals surface area contributed by atoms with Gasteiger partial charge in [0, 0.05) is 66.6 Å². The van der Waals surface area contributed by atoms with Crippen LogP contribution < -0.4 is 0 Å². The molecule has 2 N–H and O–H groups in total. The summed E-state index contributed by atoms with van der Waals surface area (Å²) in [5.41, 5.74) is 20.1. The largest absolute Gasteiger partial charge is 0.354 e. The molecule has 19 rings (SSSR count). The molecule has 2 aliphatic heterocycles. The quantitative estimate of drug-likeness (QED) is 0.173. The summed E-state index contributed by atoms with van der Waals surface area (Å²) in [5, 5.41) is 19.1. The number of nitrogens with zero attached hydrogens (tertiary/aromatic N) is 2. The predicted octanol–water partition coefficient (Wildman–Crippen LogP) is 22.9. The van der Waals surface area contributed by atoms with Gasteiger partial charge in [-0.3, -0.25) is 0 Å². The average Bonchev–Trinajstić information content (AvgIpc) is 1.54. The molecular formula is C84H50N4. The fourth-order valence-corrected chi connectivity index (χ4v) is 15.2. The molecule has 88 heavy (non-hydrogen) atoms. The molecule has 0 amide bonds. The van der Waals surface area contributed by atoms with Crippen molar-refractivity contribution in [3.63, 3.8) is 0 Å². The molecule has 0 unspecified atom stereocenters.